The second kappa shape index (κ2) is 8.05. The van der Waals surface area contributed by atoms with E-state index in [1.807, 2.05) is 0 Å². The van der Waals surface area contributed by atoms with Gasteiger partial charge in [0.1, 0.15) is 0 Å². The van der Waals surface area contributed by atoms with Crippen molar-refractivity contribution in [3.8, 4) is 11.5 Å². The minimum Gasteiger partial charge on any atom is -0.478 e. The molecule has 2 aromatic rings. The van der Waals surface area contributed by atoms with Gasteiger partial charge in [0.25, 0.3) is 17.6 Å². The van der Waals surface area contributed by atoms with Crippen LogP contribution < -0.4 is 0 Å². The summed E-state index contributed by atoms with van der Waals surface area (Å²) < 4.78 is 71.6. The van der Waals surface area contributed by atoms with Crippen molar-refractivity contribution >= 4 is 23.1 Å². The molecule has 0 amide bonds. The molecule has 6 nitrogen and oxygen atoms in total. The molecule has 12 heteroatoms. The summed E-state index contributed by atoms with van der Waals surface area (Å²) in [6, 6.07) is 0. The molecule has 0 atom stereocenters. The number of alkyl halides is 5. The number of carbonyl (C=O) groups excluding carboxylic acids is 1. The lowest BCUT2D eigenvalue weighted by Gasteiger charge is -2.21. The number of halogens is 5. The van der Waals surface area contributed by atoms with Crippen molar-refractivity contribution in [3.05, 3.63) is 32.3 Å². The molecular formula is C20H17F5N2O4S. The van der Waals surface area contributed by atoms with E-state index >= 15 is 0 Å². The lowest BCUT2D eigenvalue weighted by molar-refractivity contribution is -0.146. The second-order valence-electron chi connectivity index (χ2n) is 7.82. The molecule has 2 heterocycles. The summed E-state index contributed by atoms with van der Waals surface area (Å²) in [4.78, 5) is 28.3. The van der Waals surface area contributed by atoms with Crippen LogP contribution in [0.3, 0.4) is 0 Å². The molecule has 172 valence electrons. The quantitative estimate of drug-likeness (QED) is 0.610. The molecule has 0 unspecified atom stereocenters. The molecule has 0 bridgehead atoms. The molecule has 0 aromatic carbocycles. The van der Waals surface area contributed by atoms with Crippen molar-refractivity contribution in [2.45, 2.75) is 63.5 Å². The molecule has 0 fully saturated rings. The summed E-state index contributed by atoms with van der Waals surface area (Å²) in [7, 11) is 0. The summed E-state index contributed by atoms with van der Waals surface area (Å²) >= 11 is 0.898. The van der Waals surface area contributed by atoms with Crippen molar-refractivity contribution in [2.24, 2.45) is 0 Å². The highest BCUT2D eigenvalue weighted by molar-refractivity contribution is 7.12. The van der Waals surface area contributed by atoms with Crippen LogP contribution in [0.15, 0.2) is 15.7 Å². The fourth-order valence-corrected chi connectivity index (χ4v) is 5.55. The number of hydrogen-bond donors (Lipinski definition) is 1. The summed E-state index contributed by atoms with van der Waals surface area (Å²) in [5.41, 5.74) is 0.628. The fraction of sp³-hybridized carbons (Fsp3) is 0.500. The van der Waals surface area contributed by atoms with Gasteiger partial charge in [-0.25, -0.2) is 13.6 Å². The van der Waals surface area contributed by atoms with Gasteiger partial charge in [-0.2, -0.15) is 18.2 Å². The Morgan fingerprint density at radius 2 is 1.81 bits per heavy atom. The Hall–Kier alpha value is -2.63. The van der Waals surface area contributed by atoms with Crippen LogP contribution in [0.5, 0.6) is 0 Å². The Morgan fingerprint density at radius 3 is 2.44 bits per heavy atom. The molecule has 2 aromatic heterocycles. The number of thiophene rings is 1. The topological polar surface area (TPSA) is 93.3 Å². The van der Waals surface area contributed by atoms with Gasteiger partial charge in [0, 0.05) is 40.2 Å². The highest BCUT2D eigenvalue weighted by Gasteiger charge is 2.41. The third-order valence-corrected chi connectivity index (χ3v) is 6.83. The minimum atomic E-state index is -4.86. The normalized spacial score (nSPS) is 18.5. The molecule has 32 heavy (non-hydrogen) atoms. The van der Waals surface area contributed by atoms with Gasteiger partial charge in [-0.1, -0.05) is 5.16 Å². The zero-order chi connectivity index (χ0) is 23.3. The predicted octanol–water partition coefficient (Wildman–Crippen LogP) is 5.01. The number of hydrogen-bond acceptors (Lipinski definition) is 6. The van der Waals surface area contributed by atoms with E-state index in [1.54, 1.807) is 0 Å². The van der Waals surface area contributed by atoms with E-state index in [2.05, 4.69) is 10.1 Å². The largest absolute Gasteiger partial charge is 0.478 e. The Labute approximate surface area is 182 Å². The number of nitrogens with zero attached hydrogens (tertiary/aromatic N) is 2. The SMILES string of the molecule is O=C(O)C1=C(C(=O)Cc2sc3c(c2-c2nc(C(F)(F)F)no2)CCC(F)(F)C3)CCCC1. The van der Waals surface area contributed by atoms with Crippen LogP contribution in [-0.4, -0.2) is 32.9 Å². The second-order valence-corrected chi connectivity index (χ2v) is 9.01. The molecule has 0 saturated heterocycles. The lowest BCUT2D eigenvalue weighted by atomic mass is 9.87. The third kappa shape index (κ3) is 4.32. The molecule has 0 aliphatic heterocycles. The summed E-state index contributed by atoms with van der Waals surface area (Å²) in [5.74, 6) is -6.65. The summed E-state index contributed by atoms with van der Waals surface area (Å²) in [6.07, 6.45) is -4.62. The van der Waals surface area contributed by atoms with E-state index in [4.69, 9.17) is 4.52 Å². The number of rotatable bonds is 5. The number of carboxylic acid groups (broad SMARTS) is 1. The van der Waals surface area contributed by atoms with Crippen molar-refractivity contribution < 1.29 is 41.2 Å². The maximum atomic E-state index is 13.9. The Kier molecular flexibility index (Phi) is 5.68. The zero-order valence-corrected chi connectivity index (χ0v) is 17.3. The van der Waals surface area contributed by atoms with E-state index in [0.717, 1.165) is 11.3 Å². The van der Waals surface area contributed by atoms with Gasteiger partial charge < -0.3 is 9.63 Å². The van der Waals surface area contributed by atoms with E-state index in [1.165, 1.54) is 0 Å². The molecular weight excluding hydrogens is 459 g/mol. The first-order valence-corrected chi connectivity index (χ1v) is 10.7. The molecule has 0 radical (unpaired) electrons. The van der Waals surface area contributed by atoms with Gasteiger partial charge in [-0.15, -0.1) is 11.3 Å². The fourth-order valence-electron chi connectivity index (χ4n) is 4.12. The maximum absolute atomic E-state index is 13.9. The molecule has 2 aliphatic rings. The number of aliphatic carboxylic acids is 1. The third-order valence-electron chi connectivity index (χ3n) is 5.60. The van der Waals surface area contributed by atoms with Crippen LogP contribution in [-0.2, 0) is 35.0 Å². The van der Waals surface area contributed by atoms with E-state index in [0.29, 0.717) is 18.4 Å². The summed E-state index contributed by atoms with van der Waals surface area (Å²) in [6.45, 7) is 0. The smallest absolute Gasteiger partial charge is 0.455 e. The number of aromatic nitrogens is 2. The van der Waals surface area contributed by atoms with Gasteiger partial charge in [0.2, 0.25) is 0 Å². The van der Waals surface area contributed by atoms with Crippen LogP contribution in [0.2, 0.25) is 0 Å². The molecule has 1 N–H and O–H groups in total. The number of carbonyl (C=O) groups is 2. The number of carboxylic acids is 1. The van der Waals surface area contributed by atoms with Crippen LogP contribution in [0.4, 0.5) is 22.0 Å². The van der Waals surface area contributed by atoms with E-state index < -0.39 is 48.4 Å². The van der Waals surface area contributed by atoms with Gasteiger partial charge in [-0.3, -0.25) is 4.79 Å². The van der Waals surface area contributed by atoms with Gasteiger partial charge in [0.05, 0.1) is 5.56 Å². The highest BCUT2D eigenvalue weighted by Crippen LogP contribution is 2.45. The van der Waals surface area contributed by atoms with E-state index in [-0.39, 0.29) is 52.1 Å². The van der Waals surface area contributed by atoms with E-state index in [9.17, 15) is 36.6 Å². The average molecular weight is 476 g/mol. The van der Waals surface area contributed by atoms with Gasteiger partial charge >= 0.3 is 12.1 Å². The Bertz CT molecular complexity index is 1120. The first kappa shape index (κ1) is 22.6. The Balaban J connectivity index is 1.77. The number of Topliss-reactive ketones (excluding diaryl/α,β-unsaturated/α-hetero) is 1. The minimum absolute atomic E-state index is 0.0211. The zero-order valence-electron chi connectivity index (χ0n) is 16.5. The first-order valence-electron chi connectivity index (χ1n) is 9.87. The van der Waals surface area contributed by atoms with Crippen molar-refractivity contribution in [1.82, 2.24) is 10.1 Å². The van der Waals surface area contributed by atoms with Crippen LogP contribution in [0.1, 0.15) is 53.2 Å². The predicted molar refractivity (Wildman–Crippen MR) is 101 cm³/mol. The monoisotopic (exact) mass is 476 g/mol. The Morgan fingerprint density at radius 1 is 1.12 bits per heavy atom. The van der Waals surface area contributed by atoms with Crippen LogP contribution >= 0.6 is 11.3 Å². The number of ketones is 1. The highest BCUT2D eigenvalue weighted by atomic mass is 32.1. The van der Waals surface area contributed by atoms with Gasteiger partial charge in [0.15, 0.2) is 5.78 Å². The van der Waals surface area contributed by atoms with Gasteiger partial charge in [-0.05, 0) is 37.7 Å². The summed E-state index contributed by atoms with van der Waals surface area (Å²) in [5, 5.41) is 12.3. The molecule has 2 aliphatic carbocycles. The van der Waals surface area contributed by atoms with Crippen LogP contribution in [0.25, 0.3) is 11.5 Å². The maximum Gasteiger partial charge on any atom is 0.455 e. The van der Waals surface area contributed by atoms with Crippen molar-refractivity contribution in [1.29, 1.82) is 0 Å². The standard InChI is InChI=1S/C20H17F5N2O4S/c21-19(22)6-5-11-14(8-19)32-13(15(11)16-26-18(27-31-16)20(23,24)25)7-12(28)9-3-1-2-4-10(9)17(29)30/h1-8H2,(H,29,30). The lowest BCUT2D eigenvalue weighted by Crippen LogP contribution is -2.24. The average Bonchev–Trinajstić information content (AvgIpc) is 3.31. The van der Waals surface area contributed by atoms with Crippen molar-refractivity contribution in [2.75, 3.05) is 0 Å². The number of fused-ring (bicyclic) bond motifs is 1. The van der Waals surface area contributed by atoms with Crippen molar-refractivity contribution in [3.63, 3.8) is 0 Å². The number of allylic oxidation sites excluding steroid dienone is 1. The molecule has 0 saturated carbocycles. The molecule has 4 rings (SSSR count). The first-order chi connectivity index (χ1) is 15.0. The van der Waals surface area contributed by atoms with Crippen LogP contribution in [0, 0.1) is 0 Å². The molecule has 0 spiro atoms.